The molecule has 1 atom stereocenters. The van der Waals surface area contributed by atoms with Crippen LogP contribution >= 0.6 is 0 Å². The van der Waals surface area contributed by atoms with Crippen LogP contribution in [0.1, 0.15) is 258 Å². The molecule has 0 aromatic heterocycles. The molecule has 6 nitrogen and oxygen atoms in total. The fraction of sp³-hybridized carbons (Fsp3) is 0.652. The highest BCUT2D eigenvalue weighted by atomic mass is 16.6. The second-order valence-corrected chi connectivity index (χ2v) is 19.1. The Bertz CT molecular complexity index is 1520. The monoisotopic (exact) mass is 997 g/mol. The zero-order chi connectivity index (χ0) is 52.2. The maximum atomic E-state index is 12.9. The van der Waals surface area contributed by atoms with Gasteiger partial charge in [0, 0.05) is 19.3 Å². The first-order chi connectivity index (χ1) is 35.5. The smallest absolute Gasteiger partial charge is 0.306 e. The normalized spacial score (nSPS) is 13.0. The van der Waals surface area contributed by atoms with Crippen LogP contribution in [0, 0.1) is 0 Å². The van der Waals surface area contributed by atoms with Gasteiger partial charge in [0.25, 0.3) is 0 Å². The van der Waals surface area contributed by atoms with Crippen molar-refractivity contribution < 1.29 is 28.6 Å². The largest absolute Gasteiger partial charge is 0.462 e. The van der Waals surface area contributed by atoms with E-state index in [1.165, 1.54) is 96.3 Å². The zero-order valence-corrected chi connectivity index (χ0v) is 46.7. The van der Waals surface area contributed by atoms with E-state index in [2.05, 4.69) is 136 Å². The molecule has 0 saturated heterocycles. The number of hydrogen-bond acceptors (Lipinski definition) is 6. The molecule has 0 saturated carbocycles. The highest BCUT2D eigenvalue weighted by molar-refractivity contribution is 5.71. The third-order valence-electron chi connectivity index (χ3n) is 12.2. The second kappa shape index (κ2) is 59.4. The molecule has 0 heterocycles. The topological polar surface area (TPSA) is 78.9 Å². The van der Waals surface area contributed by atoms with E-state index in [-0.39, 0.29) is 37.5 Å². The molecule has 0 aliphatic rings. The molecule has 0 spiro atoms. The lowest BCUT2D eigenvalue weighted by atomic mass is 10.1. The van der Waals surface area contributed by atoms with Gasteiger partial charge in [-0.1, -0.05) is 245 Å². The molecule has 0 radical (unpaired) electrons. The molecule has 0 aliphatic heterocycles. The van der Waals surface area contributed by atoms with E-state index in [9.17, 15) is 14.4 Å². The fourth-order valence-corrected chi connectivity index (χ4v) is 7.83. The van der Waals surface area contributed by atoms with Gasteiger partial charge < -0.3 is 14.2 Å². The first-order valence-corrected chi connectivity index (χ1v) is 29.5. The van der Waals surface area contributed by atoms with Crippen LogP contribution in [0.2, 0.25) is 0 Å². The maximum Gasteiger partial charge on any atom is 0.306 e. The van der Waals surface area contributed by atoms with Gasteiger partial charge in [-0.05, 0) is 116 Å². The van der Waals surface area contributed by atoms with E-state index in [4.69, 9.17) is 14.2 Å². The number of unbranched alkanes of at least 4 members (excludes halogenated alkanes) is 21. The van der Waals surface area contributed by atoms with Crippen molar-refractivity contribution in [2.45, 2.75) is 264 Å². The maximum absolute atomic E-state index is 12.9. The van der Waals surface area contributed by atoms with E-state index in [0.29, 0.717) is 19.3 Å². The van der Waals surface area contributed by atoms with Gasteiger partial charge in [0.1, 0.15) is 13.2 Å². The number of ether oxygens (including phenoxy) is 3. The molecule has 72 heavy (non-hydrogen) atoms. The summed E-state index contributed by atoms with van der Waals surface area (Å²) in [5.41, 5.74) is 0. The van der Waals surface area contributed by atoms with E-state index < -0.39 is 6.10 Å². The molecule has 408 valence electrons. The lowest BCUT2D eigenvalue weighted by Gasteiger charge is -2.18. The summed E-state index contributed by atoms with van der Waals surface area (Å²) < 4.78 is 16.8. The molecule has 0 amide bonds. The first-order valence-electron chi connectivity index (χ1n) is 29.5. The van der Waals surface area contributed by atoms with Crippen molar-refractivity contribution in [1.82, 2.24) is 0 Å². The van der Waals surface area contributed by atoms with Gasteiger partial charge in [-0.3, -0.25) is 14.4 Å². The van der Waals surface area contributed by atoms with Gasteiger partial charge in [0.15, 0.2) is 6.10 Å². The van der Waals surface area contributed by atoms with Crippen LogP contribution in [0.15, 0.2) is 122 Å². The van der Waals surface area contributed by atoms with Crippen molar-refractivity contribution in [3.05, 3.63) is 122 Å². The fourth-order valence-electron chi connectivity index (χ4n) is 7.83. The highest BCUT2D eigenvalue weighted by Gasteiger charge is 2.19. The van der Waals surface area contributed by atoms with Gasteiger partial charge >= 0.3 is 17.9 Å². The Morgan fingerprint density at radius 3 is 0.944 bits per heavy atom. The number of hydrogen-bond donors (Lipinski definition) is 0. The Balaban J connectivity index is 4.40. The zero-order valence-electron chi connectivity index (χ0n) is 46.7. The van der Waals surface area contributed by atoms with Crippen LogP contribution in [0.5, 0.6) is 0 Å². The Morgan fingerprint density at radius 1 is 0.292 bits per heavy atom. The van der Waals surface area contributed by atoms with Gasteiger partial charge in [0.2, 0.25) is 0 Å². The van der Waals surface area contributed by atoms with E-state index in [1.807, 2.05) is 6.08 Å². The molecule has 0 N–H and O–H groups in total. The molecular weight excluding hydrogens is 889 g/mol. The summed E-state index contributed by atoms with van der Waals surface area (Å²) in [6, 6.07) is 0. The summed E-state index contributed by atoms with van der Waals surface area (Å²) in [5, 5.41) is 0. The number of carbonyl (C=O) groups is 3. The molecular formula is C66H108O6. The van der Waals surface area contributed by atoms with Gasteiger partial charge in [0.05, 0.1) is 0 Å². The summed E-state index contributed by atoms with van der Waals surface area (Å²) in [6.45, 7) is 6.33. The number of carbonyl (C=O) groups excluding carboxylic acids is 3. The van der Waals surface area contributed by atoms with Crippen LogP contribution in [0.4, 0.5) is 0 Å². The van der Waals surface area contributed by atoms with Crippen molar-refractivity contribution in [3.63, 3.8) is 0 Å². The molecule has 0 aromatic rings. The van der Waals surface area contributed by atoms with E-state index in [0.717, 1.165) is 116 Å². The molecule has 0 aromatic carbocycles. The van der Waals surface area contributed by atoms with Crippen molar-refractivity contribution in [2.24, 2.45) is 0 Å². The Hall–Kier alpha value is -4.19. The van der Waals surface area contributed by atoms with Crippen molar-refractivity contribution >= 4 is 17.9 Å². The SMILES string of the molecule is CC/C=C\C/C=C\C/C=C\C/C=C\C/C=C\CCCCCCCCCCCC(=O)OCC(COC(=O)CC/C=C\C/C=C\C/C=C\C/C=C\CC)OC(=O)CCCCCCC/C=C\CCCCCCCCC. The minimum atomic E-state index is -0.817. The third kappa shape index (κ3) is 56.7. The van der Waals surface area contributed by atoms with Crippen LogP contribution in [-0.4, -0.2) is 37.2 Å². The Kier molecular flexibility index (Phi) is 55.9. The van der Waals surface area contributed by atoms with Crippen LogP contribution in [0.3, 0.4) is 0 Å². The van der Waals surface area contributed by atoms with Gasteiger partial charge in [-0.25, -0.2) is 0 Å². The minimum absolute atomic E-state index is 0.109. The predicted octanol–water partition coefficient (Wildman–Crippen LogP) is 20.0. The summed E-state index contributed by atoms with van der Waals surface area (Å²) in [5.74, 6) is -1.01. The van der Waals surface area contributed by atoms with Crippen LogP contribution in [0.25, 0.3) is 0 Å². The van der Waals surface area contributed by atoms with Crippen LogP contribution in [-0.2, 0) is 28.6 Å². The summed E-state index contributed by atoms with van der Waals surface area (Å²) in [7, 11) is 0. The standard InChI is InChI=1S/C66H108O6/c1-4-7-10-13-16-19-22-25-27-29-30-31-32-33-34-35-36-37-39-41-44-47-50-53-56-59-65(68)71-62-63(61-70-64(67)58-55-52-49-46-43-40-24-21-18-15-12-9-6-3)72-66(69)60-57-54-51-48-45-42-38-28-26-23-20-17-14-11-8-5-2/h7,9-10,12,16,18-19,21,25,27-28,30-31,33-34,38,40,43,49,52,63H,4-6,8,11,13-15,17,20,22-24,26,29,32,35-37,39,41-42,44-48,50-51,53-62H2,1-3H3/b10-7-,12-9-,19-16-,21-18-,27-25-,31-30-,34-33-,38-28-,43-40-,52-49-. The quantitative estimate of drug-likeness (QED) is 0.0261. The number of esters is 3. The van der Waals surface area contributed by atoms with Crippen LogP contribution < -0.4 is 0 Å². The Labute approximate surface area is 443 Å². The molecule has 0 bridgehead atoms. The molecule has 0 fully saturated rings. The predicted molar refractivity (Wildman–Crippen MR) is 311 cm³/mol. The van der Waals surface area contributed by atoms with Crippen molar-refractivity contribution in [2.75, 3.05) is 13.2 Å². The summed E-state index contributed by atoms with van der Waals surface area (Å²) >= 11 is 0. The second-order valence-electron chi connectivity index (χ2n) is 19.1. The Morgan fingerprint density at radius 2 is 0.569 bits per heavy atom. The summed E-state index contributed by atoms with van der Waals surface area (Å²) in [4.78, 5) is 38.1. The lowest BCUT2D eigenvalue weighted by Crippen LogP contribution is -2.30. The molecule has 6 heteroatoms. The average Bonchev–Trinajstić information content (AvgIpc) is 3.38. The minimum Gasteiger partial charge on any atom is -0.462 e. The molecule has 1 unspecified atom stereocenters. The molecule has 0 aliphatic carbocycles. The average molecular weight is 998 g/mol. The van der Waals surface area contributed by atoms with E-state index >= 15 is 0 Å². The lowest BCUT2D eigenvalue weighted by molar-refractivity contribution is -0.166. The summed E-state index contributed by atoms with van der Waals surface area (Å²) in [6.07, 6.45) is 82.1. The molecule has 0 rings (SSSR count). The highest BCUT2D eigenvalue weighted by Crippen LogP contribution is 2.14. The number of rotatable bonds is 52. The number of allylic oxidation sites excluding steroid dienone is 20. The van der Waals surface area contributed by atoms with Crippen molar-refractivity contribution in [3.8, 4) is 0 Å². The van der Waals surface area contributed by atoms with E-state index in [1.54, 1.807) is 0 Å². The van der Waals surface area contributed by atoms with Crippen molar-refractivity contribution in [1.29, 1.82) is 0 Å². The van der Waals surface area contributed by atoms with Gasteiger partial charge in [-0.15, -0.1) is 0 Å². The third-order valence-corrected chi connectivity index (χ3v) is 12.2. The van der Waals surface area contributed by atoms with Gasteiger partial charge in [-0.2, -0.15) is 0 Å². The first kappa shape index (κ1) is 67.8.